The average molecular weight is 435 g/mol. The first kappa shape index (κ1) is 12.6. The van der Waals surface area contributed by atoms with Crippen molar-refractivity contribution in [1.82, 2.24) is 4.98 Å². The number of aromatic amines is 1. The number of aromatic nitrogens is 1. The van der Waals surface area contributed by atoms with Crippen LogP contribution in [0.25, 0.3) is 10.9 Å². The van der Waals surface area contributed by atoms with Gasteiger partial charge in [0.1, 0.15) is 5.82 Å². The lowest BCUT2D eigenvalue weighted by Gasteiger charge is -1.93. The van der Waals surface area contributed by atoms with Crippen LogP contribution in [0.1, 0.15) is 0 Å². The molecule has 0 unspecified atom stereocenters. The van der Waals surface area contributed by atoms with Crippen molar-refractivity contribution >= 4 is 48.1 Å². The molecule has 2 rings (SSSR count). The Bertz CT molecular complexity index is 578. The summed E-state index contributed by atoms with van der Waals surface area (Å²) in [6, 6.07) is 3.44. The third-order valence-electron chi connectivity index (χ3n) is 1.62. The van der Waals surface area contributed by atoms with Crippen molar-refractivity contribution in [2.45, 2.75) is 0 Å². The van der Waals surface area contributed by atoms with Crippen LogP contribution in [0, 0.1) is 5.82 Å². The van der Waals surface area contributed by atoms with E-state index in [1.54, 1.807) is 0 Å². The van der Waals surface area contributed by atoms with Gasteiger partial charge in [0.15, 0.2) is 0 Å². The van der Waals surface area contributed by atoms with Crippen molar-refractivity contribution < 1.29 is 8.81 Å². The summed E-state index contributed by atoms with van der Waals surface area (Å²) < 4.78 is 16.9. The van der Waals surface area contributed by atoms with Crippen LogP contribution in [-0.2, 0) is 0 Å². The molecule has 1 heterocycles. The number of nitrogens with one attached hydrogen (secondary N) is 1. The molecule has 1 aromatic carbocycles. The first-order chi connectivity index (χ1) is 7.16. The zero-order valence-corrected chi connectivity index (χ0v) is 11.4. The molecule has 0 aliphatic carbocycles. The highest BCUT2D eigenvalue weighted by Gasteiger charge is 2.02. The molecule has 0 saturated heterocycles. The number of rotatable bonds is 0. The summed E-state index contributed by atoms with van der Waals surface area (Å²) in [5, 5.41) is 0.154. The maximum absolute atomic E-state index is 12.6. The number of halogens is 3. The lowest BCUT2D eigenvalue weighted by molar-refractivity contribution is 0.460. The van der Waals surface area contributed by atoms with Crippen LogP contribution in [0.15, 0.2) is 32.2 Å². The second-order valence-corrected chi connectivity index (χ2v) is 2.49. The standard InChI is InChI=1S/C8H4FNO3.I2/c9-4-1-2-5-6(3-4)10-8(12)13-7(5)11;1-2/h1-3H,(H,10,12);. The number of hydrogen-bond acceptors (Lipinski definition) is 3. The van der Waals surface area contributed by atoms with Crippen LogP contribution in [0.5, 0.6) is 0 Å². The van der Waals surface area contributed by atoms with E-state index in [0.717, 1.165) is 12.1 Å². The maximum atomic E-state index is 12.6. The number of hydrogen-bond donors (Lipinski definition) is 1. The van der Waals surface area contributed by atoms with E-state index in [1.807, 2.05) is 0 Å². The van der Waals surface area contributed by atoms with E-state index in [-0.39, 0.29) is 10.9 Å². The molecule has 0 spiro atoms. The summed E-state index contributed by atoms with van der Waals surface area (Å²) in [6.07, 6.45) is 0. The smallest absolute Gasteiger partial charge is 0.372 e. The van der Waals surface area contributed by atoms with Crippen molar-refractivity contribution in [3.05, 3.63) is 45.0 Å². The Hall–Kier alpha value is -0.450. The first-order valence-corrected chi connectivity index (χ1v) is 9.92. The van der Waals surface area contributed by atoms with Gasteiger partial charge in [-0.1, -0.05) is 0 Å². The third kappa shape index (κ3) is 3.00. The molecule has 0 fully saturated rings. The van der Waals surface area contributed by atoms with E-state index in [1.165, 1.54) is 6.07 Å². The Morgan fingerprint density at radius 3 is 2.60 bits per heavy atom. The van der Waals surface area contributed by atoms with Crippen molar-refractivity contribution in [2.24, 2.45) is 0 Å². The predicted molar refractivity (Wildman–Crippen MR) is 71.1 cm³/mol. The fourth-order valence-corrected chi connectivity index (χ4v) is 1.07. The van der Waals surface area contributed by atoms with Gasteiger partial charge in [-0.25, -0.2) is 14.0 Å². The van der Waals surface area contributed by atoms with Crippen molar-refractivity contribution in [2.75, 3.05) is 0 Å². The molecule has 0 radical (unpaired) electrons. The van der Waals surface area contributed by atoms with Crippen molar-refractivity contribution in [1.29, 1.82) is 0 Å². The van der Waals surface area contributed by atoms with Gasteiger partial charge in [0, 0.05) is 37.2 Å². The number of H-pyrrole nitrogens is 1. The highest BCUT2D eigenvalue weighted by Crippen LogP contribution is 2.06. The number of fused-ring (bicyclic) bond motifs is 1. The predicted octanol–water partition coefficient (Wildman–Crippen LogP) is 2.39. The van der Waals surface area contributed by atoms with Crippen LogP contribution in [-0.4, -0.2) is 4.98 Å². The van der Waals surface area contributed by atoms with Crippen molar-refractivity contribution in [3.8, 4) is 0 Å². The van der Waals surface area contributed by atoms with Gasteiger partial charge in [-0.05, 0) is 18.2 Å². The summed E-state index contributed by atoms with van der Waals surface area (Å²) in [5.74, 6) is -1.41. The lowest BCUT2D eigenvalue weighted by atomic mass is 10.2. The van der Waals surface area contributed by atoms with Crippen LogP contribution >= 0.6 is 37.2 Å². The van der Waals surface area contributed by atoms with E-state index < -0.39 is 17.2 Å². The average Bonchev–Trinajstić information content (AvgIpc) is 2.19. The molecule has 1 N–H and O–H groups in total. The third-order valence-corrected chi connectivity index (χ3v) is 1.62. The summed E-state index contributed by atoms with van der Waals surface area (Å²) in [7, 11) is 0. The van der Waals surface area contributed by atoms with Gasteiger partial charge in [-0.15, -0.1) is 0 Å². The Balaban J connectivity index is 0.000000531. The molecule has 1 aromatic heterocycles. The fourth-order valence-electron chi connectivity index (χ4n) is 1.07. The van der Waals surface area contributed by atoms with Crippen molar-refractivity contribution in [3.63, 3.8) is 0 Å². The minimum atomic E-state index is -0.886. The highest BCUT2D eigenvalue weighted by molar-refractivity contribution is 15.0. The van der Waals surface area contributed by atoms with Crippen LogP contribution in [0.2, 0.25) is 0 Å². The van der Waals surface area contributed by atoms with E-state index in [0.29, 0.717) is 0 Å². The molecule has 0 aliphatic heterocycles. The second-order valence-electron chi connectivity index (χ2n) is 2.49. The molecule has 2 aromatic rings. The molecule has 4 nitrogen and oxygen atoms in total. The van der Waals surface area contributed by atoms with Gasteiger partial charge in [0.05, 0.1) is 10.9 Å². The maximum Gasteiger partial charge on any atom is 0.419 e. The minimum absolute atomic E-state index is 0.140. The Kier molecular flexibility index (Phi) is 4.70. The summed E-state index contributed by atoms with van der Waals surface area (Å²) in [6.45, 7) is 0. The Morgan fingerprint density at radius 2 is 1.93 bits per heavy atom. The lowest BCUT2D eigenvalue weighted by Crippen LogP contribution is -2.14. The topological polar surface area (TPSA) is 63.1 Å². The monoisotopic (exact) mass is 435 g/mol. The van der Waals surface area contributed by atoms with E-state index >= 15 is 0 Å². The first-order valence-electron chi connectivity index (χ1n) is 3.64. The van der Waals surface area contributed by atoms with E-state index in [9.17, 15) is 14.0 Å². The molecule has 80 valence electrons. The van der Waals surface area contributed by atoms with Crippen LogP contribution < -0.4 is 11.4 Å². The Morgan fingerprint density at radius 1 is 1.27 bits per heavy atom. The minimum Gasteiger partial charge on any atom is -0.372 e. The van der Waals surface area contributed by atoms with Crippen LogP contribution in [0.4, 0.5) is 4.39 Å². The molecule has 15 heavy (non-hydrogen) atoms. The molecule has 0 bridgehead atoms. The SMILES string of the molecule is II.O=c1[nH]c2cc(F)ccc2c(=O)o1. The fraction of sp³-hybridized carbons (Fsp3) is 0. The largest absolute Gasteiger partial charge is 0.419 e. The molecule has 0 aliphatic rings. The molecule has 0 saturated carbocycles. The molecule has 0 atom stereocenters. The normalized spacial score (nSPS) is 9.53. The quantitative estimate of drug-likeness (QED) is 0.647. The van der Waals surface area contributed by atoms with E-state index in [2.05, 4.69) is 46.6 Å². The highest BCUT2D eigenvalue weighted by atomic mass is 128. The van der Waals surface area contributed by atoms with Gasteiger partial charge < -0.3 is 4.42 Å². The number of benzene rings is 1. The van der Waals surface area contributed by atoms with Gasteiger partial charge in [-0.2, -0.15) is 0 Å². The zero-order valence-electron chi connectivity index (χ0n) is 7.09. The molecule has 7 heteroatoms. The summed E-state index contributed by atoms with van der Waals surface area (Å²) in [4.78, 5) is 23.9. The van der Waals surface area contributed by atoms with E-state index in [4.69, 9.17) is 0 Å². The van der Waals surface area contributed by atoms with Gasteiger partial charge in [0.2, 0.25) is 0 Å². The zero-order chi connectivity index (χ0) is 11.4. The molecule has 0 amide bonds. The van der Waals surface area contributed by atoms with Gasteiger partial charge >= 0.3 is 11.4 Å². The molecular formula is C8H4FI2NO3. The summed E-state index contributed by atoms with van der Waals surface area (Å²) in [5.41, 5.74) is -0.625. The molecular weight excluding hydrogens is 431 g/mol. The van der Waals surface area contributed by atoms with Crippen LogP contribution in [0.3, 0.4) is 0 Å². The van der Waals surface area contributed by atoms with Gasteiger partial charge in [0.25, 0.3) is 0 Å². The van der Waals surface area contributed by atoms with Gasteiger partial charge in [-0.3, -0.25) is 4.98 Å². The summed E-state index contributed by atoms with van der Waals surface area (Å²) >= 11 is 4.24. The Labute approximate surface area is 106 Å². The second kappa shape index (κ2) is 5.58.